The summed E-state index contributed by atoms with van der Waals surface area (Å²) in [4.78, 5) is 14.1. The van der Waals surface area contributed by atoms with Crippen molar-refractivity contribution in [1.82, 2.24) is 14.8 Å². The number of amides is 1. The van der Waals surface area contributed by atoms with Crippen LogP contribution in [-0.4, -0.2) is 33.5 Å². The van der Waals surface area contributed by atoms with Crippen molar-refractivity contribution >= 4 is 23.4 Å². The molecular weight excluding hydrogens is 332 g/mol. The molecule has 0 N–H and O–H groups in total. The Bertz CT molecular complexity index is 859. The van der Waals surface area contributed by atoms with E-state index in [1.54, 1.807) is 11.9 Å². The number of hydrogen-bond acceptors (Lipinski definition) is 4. The highest BCUT2D eigenvalue weighted by molar-refractivity contribution is 7.99. The lowest BCUT2D eigenvalue weighted by molar-refractivity contribution is -0.115. The van der Waals surface area contributed by atoms with E-state index in [1.165, 1.54) is 17.3 Å². The second-order valence-electron chi connectivity index (χ2n) is 5.78. The van der Waals surface area contributed by atoms with Gasteiger partial charge in [-0.3, -0.25) is 9.36 Å². The molecule has 3 aromatic rings. The molecule has 0 saturated carbocycles. The van der Waals surface area contributed by atoms with Crippen molar-refractivity contribution in [2.24, 2.45) is 0 Å². The predicted octanol–water partition coefficient (Wildman–Crippen LogP) is 3.64. The van der Waals surface area contributed by atoms with Gasteiger partial charge in [-0.05, 0) is 38.1 Å². The number of anilines is 1. The van der Waals surface area contributed by atoms with Gasteiger partial charge in [-0.25, -0.2) is 0 Å². The van der Waals surface area contributed by atoms with E-state index in [-0.39, 0.29) is 5.91 Å². The fourth-order valence-corrected chi connectivity index (χ4v) is 3.36. The summed E-state index contributed by atoms with van der Waals surface area (Å²) >= 11 is 1.40. The van der Waals surface area contributed by atoms with Gasteiger partial charge in [-0.15, -0.1) is 10.2 Å². The first-order valence-electron chi connectivity index (χ1n) is 7.99. The van der Waals surface area contributed by atoms with Crippen LogP contribution in [0.2, 0.25) is 0 Å². The zero-order valence-corrected chi connectivity index (χ0v) is 15.3. The summed E-state index contributed by atoms with van der Waals surface area (Å²) in [5, 5.41) is 9.11. The Labute approximate surface area is 151 Å². The highest BCUT2D eigenvalue weighted by atomic mass is 32.2. The van der Waals surface area contributed by atoms with E-state index >= 15 is 0 Å². The molecule has 0 atom stereocenters. The van der Waals surface area contributed by atoms with E-state index in [0.717, 1.165) is 22.4 Å². The Morgan fingerprint density at radius 3 is 2.40 bits per heavy atom. The minimum Gasteiger partial charge on any atom is -0.315 e. The maximum absolute atomic E-state index is 12.5. The third-order valence-electron chi connectivity index (χ3n) is 3.93. The smallest absolute Gasteiger partial charge is 0.237 e. The molecule has 1 heterocycles. The van der Waals surface area contributed by atoms with Gasteiger partial charge >= 0.3 is 0 Å². The summed E-state index contributed by atoms with van der Waals surface area (Å²) in [5.41, 5.74) is 3.08. The van der Waals surface area contributed by atoms with Crippen LogP contribution in [0.1, 0.15) is 11.4 Å². The maximum Gasteiger partial charge on any atom is 0.237 e. The molecule has 0 aliphatic carbocycles. The molecule has 0 saturated heterocycles. The first-order valence-corrected chi connectivity index (χ1v) is 8.98. The summed E-state index contributed by atoms with van der Waals surface area (Å²) in [7, 11) is 1.79. The lowest BCUT2D eigenvalue weighted by Gasteiger charge is -2.17. The molecule has 6 heteroatoms. The second-order valence-corrected chi connectivity index (χ2v) is 6.72. The van der Waals surface area contributed by atoms with Crippen LogP contribution >= 0.6 is 11.8 Å². The number of nitrogens with zero attached hydrogens (tertiary/aromatic N) is 4. The molecule has 1 amide bonds. The van der Waals surface area contributed by atoms with Crippen LogP contribution in [0, 0.1) is 13.8 Å². The normalized spacial score (nSPS) is 10.7. The standard InChI is InChI=1S/C19H20N4OS/c1-14-9-11-17(12-10-14)23-15(2)20-21-19(23)25-13-18(24)22(3)16-7-5-4-6-8-16/h4-12H,13H2,1-3H3. The van der Waals surface area contributed by atoms with Crippen LogP contribution in [-0.2, 0) is 4.79 Å². The van der Waals surface area contributed by atoms with E-state index in [2.05, 4.69) is 29.3 Å². The Morgan fingerprint density at radius 1 is 1.04 bits per heavy atom. The van der Waals surface area contributed by atoms with Crippen LogP contribution in [0.5, 0.6) is 0 Å². The molecule has 0 radical (unpaired) electrons. The van der Waals surface area contributed by atoms with E-state index in [0.29, 0.717) is 5.75 Å². The lowest BCUT2D eigenvalue weighted by atomic mass is 10.2. The van der Waals surface area contributed by atoms with Gasteiger partial charge in [0.1, 0.15) is 5.82 Å². The Hall–Kier alpha value is -2.60. The van der Waals surface area contributed by atoms with E-state index in [1.807, 2.05) is 54.0 Å². The molecule has 5 nitrogen and oxygen atoms in total. The SMILES string of the molecule is Cc1ccc(-n2c(C)nnc2SCC(=O)N(C)c2ccccc2)cc1. The van der Waals surface area contributed by atoms with Crippen molar-refractivity contribution in [3.05, 3.63) is 66.0 Å². The fraction of sp³-hybridized carbons (Fsp3) is 0.211. The van der Waals surface area contributed by atoms with Crippen LogP contribution in [0.4, 0.5) is 5.69 Å². The molecule has 0 aliphatic heterocycles. The minimum absolute atomic E-state index is 0.0207. The molecule has 25 heavy (non-hydrogen) atoms. The maximum atomic E-state index is 12.5. The second kappa shape index (κ2) is 7.53. The van der Waals surface area contributed by atoms with Gasteiger partial charge in [0.05, 0.1) is 5.75 Å². The lowest BCUT2D eigenvalue weighted by Crippen LogP contribution is -2.27. The summed E-state index contributed by atoms with van der Waals surface area (Å²) < 4.78 is 1.97. The number of carbonyl (C=O) groups is 1. The number of thioether (sulfide) groups is 1. The highest BCUT2D eigenvalue weighted by Crippen LogP contribution is 2.23. The molecule has 0 aliphatic rings. The average molecular weight is 352 g/mol. The van der Waals surface area contributed by atoms with Gasteiger partial charge < -0.3 is 4.90 Å². The van der Waals surface area contributed by atoms with Gasteiger partial charge in [-0.2, -0.15) is 0 Å². The molecule has 128 valence electrons. The zero-order valence-electron chi connectivity index (χ0n) is 14.5. The van der Waals surface area contributed by atoms with Crippen LogP contribution in [0.25, 0.3) is 5.69 Å². The number of aromatic nitrogens is 3. The van der Waals surface area contributed by atoms with E-state index in [9.17, 15) is 4.79 Å². The molecule has 1 aromatic heterocycles. The largest absolute Gasteiger partial charge is 0.315 e. The van der Waals surface area contributed by atoms with Gasteiger partial charge in [0.2, 0.25) is 5.91 Å². The van der Waals surface area contributed by atoms with Crippen molar-refractivity contribution in [3.8, 4) is 5.69 Å². The van der Waals surface area contributed by atoms with Crippen LogP contribution in [0.3, 0.4) is 0 Å². The van der Waals surface area contributed by atoms with Crippen molar-refractivity contribution < 1.29 is 4.79 Å². The van der Waals surface area contributed by atoms with Gasteiger partial charge in [0, 0.05) is 18.4 Å². The highest BCUT2D eigenvalue weighted by Gasteiger charge is 2.16. The van der Waals surface area contributed by atoms with Crippen molar-refractivity contribution in [1.29, 1.82) is 0 Å². The molecule has 0 spiro atoms. The van der Waals surface area contributed by atoms with E-state index < -0.39 is 0 Å². The topological polar surface area (TPSA) is 51.0 Å². The average Bonchev–Trinajstić information content (AvgIpc) is 3.01. The monoisotopic (exact) mass is 352 g/mol. The van der Waals surface area contributed by atoms with Gasteiger partial charge in [0.15, 0.2) is 5.16 Å². The Kier molecular flexibility index (Phi) is 5.19. The molecular formula is C19H20N4OS. The summed E-state index contributed by atoms with van der Waals surface area (Å²) in [5.74, 6) is 1.12. The fourth-order valence-electron chi connectivity index (χ4n) is 2.45. The number of para-hydroxylation sites is 1. The van der Waals surface area contributed by atoms with E-state index in [4.69, 9.17) is 0 Å². The third kappa shape index (κ3) is 3.91. The summed E-state index contributed by atoms with van der Waals surface area (Å²) in [6, 6.07) is 17.8. The van der Waals surface area contributed by atoms with Crippen LogP contribution < -0.4 is 4.90 Å². The number of hydrogen-bond donors (Lipinski definition) is 0. The summed E-state index contributed by atoms with van der Waals surface area (Å²) in [6.07, 6.45) is 0. The zero-order chi connectivity index (χ0) is 17.8. The molecule has 0 fully saturated rings. The molecule has 0 unspecified atom stereocenters. The quantitative estimate of drug-likeness (QED) is 0.658. The van der Waals surface area contributed by atoms with Crippen molar-refractivity contribution in [2.45, 2.75) is 19.0 Å². The van der Waals surface area contributed by atoms with Crippen molar-refractivity contribution in [2.75, 3.05) is 17.7 Å². The Balaban J connectivity index is 1.74. The third-order valence-corrected chi connectivity index (χ3v) is 4.84. The number of rotatable bonds is 5. The molecule has 2 aromatic carbocycles. The number of benzene rings is 2. The first-order chi connectivity index (χ1) is 12.1. The van der Waals surface area contributed by atoms with Crippen LogP contribution in [0.15, 0.2) is 59.8 Å². The molecule has 0 bridgehead atoms. The van der Waals surface area contributed by atoms with Gasteiger partial charge in [0.25, 0.3) is 0 Å². The minimum atomic E-state index is 0.0207. The molecule has 3 rings (SSSR count). The number of carbonyl (C=O) groups excluding carboxylic acids is 1. The van der Waals surface area contributed by atoms with Crippen molar-refractivity contribution in [3.63, 3.8) is 0 Å². The number of aryl methyl sites for hydroxylation is 2. The first kappa shape index (κ1) is 17.2. The Morgan fingerprint density at radius 2 is 1.72 bits per heavy atom. The predicted molar refractivity (Wildman–Crippen MR) is 101 cm³/mol. The van der Waals surface area contributed by atoms with Gasteiger partial charge in [-0.1, -0.05) is 47.7 Å². The summed E-state index contributed by atoms with van der Waals surface area (Å²) in [6.45, 7) is 3.96.